The van der Waals surface area contributed by atoms with E-state index in [1.807, 2.05) is 13.0 Å². The van der Waals surface area contributed by atoms with Crippen LogP contribution in [0, 0.1) is 0 Å². The molecule has 0 bridgehead atoms. The third kappa shape index (κ3) is 4.91. The maximum atomic E-state index is 12.8. The van der Waals surface area contributed by atoms with Gasteiger partial charge in [0.2, 0.25) is 5.91 Å². The Bertz CT molecular complexity index is 1160. The maximum Gasteiger partial charge on any atom is 0.262 e. The first-order valence-electron chi connectivity index (χ1n) is 9.24. The van der Waals surface area contributed by atoms with Crippen LogP contribution >= 0.6 is 27.7 Å². The van der Waals surface area contributed by atoms with Gasteiger partial charge >= 0.3 is 0 Å². The lowest BCUT2D eigenvalue weighted by Gasteiger charge is -2.12. The van der Waals surface area contributed by atoms with Gasteiger partial charge in [-0.3, -0.25) is 19.0 Å². The third-order valence-corrected chi connectivity index (χ3v) is 5.82. The minimum absolute atomic E-state index is 0.102. The lowest BCUT2D eigenvalue weighted by molar-refractivity contribution is -0.113. The molecule has 2 amide bonds. The number of rotatable bonds is 6. The first kappa shape index (κ1) is 22.0. The van der Waals surface area contributed by atoms with Gasteiger partial charge in [0.05, 0.1) is 16.7 Å². The van der Waals surface area contributed by atoms with Gasteiger partial charge in [-0.2, -0.15) is 0 Å². The normalized spacial score (nSPS) is 10.8. The van der Waals surface area contributed by atoms with Gasteiger partial charge in [0.1, 0.15) is 0 Å². The van der Waals surface area contributed by atoms with Crippen molar-refractivity contribution in [2.24, 2.45) is 0 Å². The standard InChI is InChI=1S/C21H21BrN4O3S/c1-4-26-20(29)16-11-14(22)7-10-17(16)24-21(26)30-12-18(27)23-15-8-5-13(6-9-15)19(28)25(2)3/h5-11H,4,12H2,1-3H3,(H,23,27). The second-order valence-corrected chi connectivity index (χ2v) is 8.58. The summed E-state index contributed by atoms with van der Waals surface area (Å²) in [6.45, 7) is 2.33. The number of nitrogens with zero attached hydrogens (tertiary/aromatic N) is 3. The molecule has 7 nitrogen and oxygen atoms in total. The number of thioether (sulfide) groups is 1. The Balaban J connectivity index is 1.71. The van der Waals surface area contributed by atoms with Crippen LogP contribution in [0.25, 0.3) is 10.9 Å². The molecule has 0 unspecified atom stereocenters. The van der Waals surface area contributed by atoms with Crippen LogP contribution in [0.4, 0.5) is 5.69 Å². The Kier molecular flexibility index (Phi) is 6.94. The molecule has 3 aromatic rings. The summed E-state index contributed by atoms with van der Waals surface area (Å²) in [7, 11) is 3.37. The number of halogens is 1. The summed E-state index contributed by atoms with van der Waals surface area (Å²) in [6.07, 6.45) is 0. The average Bonchev–Trinajstić information content (AvgIpc) is 2.73. The van der Waals surface area contributed by atoms with E-state index in [1.54, 1.807) is 55.1 Å². The summed E-state index contributed by atoms with van der Waals surface area (Å²) in [5.41, 5.74) is 1.61. The molecule has 1 N–H and O–H groups in total. The molecule has 0 atom stereocenters. The van der Waals surface area contributed by atoms with Crippen molar-refractivity contribution in [1.29, 1.82) is 0 Å². The van der Waals surface area contributed by atoms with E-state index in [1.165, 1.54) is 16.7 Å². The van der Waals surface area contributed by atoms with E-state index in [2.05, 4.69) is 26.2 Å². The highest BCUT2D eigenvalue weighted by atomic mass is 79.9. The van der Waals surface area contributed by atoms with Gasteiger partial charge in [-0.25, -0.2) is 4.98 Å². The largest absolute Gasteiger partial charge is 0.345 e. The number of hydrogen-bond donors (Lipinski definition) is 1. The summed E-state index contributed by atoms with van der Waals surface area (Å²) in [6, 6.07) is 12.1. The van der Waals surface area contributed by atoms with Gasteiger partial charge in [-0.1, -0.05) is 27.7 Å². The van der Waals surface area contributed by atoms with E-state index >= 15 is 0 Å². The van der Waals surface area contributed by atoms with Gasteiger partial charge in [-0.15, -0.1) is 0 Å². The van der Waals surface area contributed by atoms with Crippen LogP contribution in [0.3, 0.4) is 0 Å². The van der Waals surface area contributed by atoms with Crippen LogP contribution in [-0.4, -0.2) is 46.1 Å². The molecule has 156 valence electrons. The molecule has 0 aliphatic rings. The van der Waals surface area contributed by atoms with Gasteiger partial charge in [0.15, 0.2) is 5.16 Å². The van der Waals surface area contributed by atoms with Crippen LogP contribution in [0.15, 0.2) is 56.9 Å². The fourth-order valence-electron chi connectivity index (χ4n) is 2.84. The van der Waals surface area contributed by atoms with E-state index < -0.39 is 0 Å². The number of fused-ring (bicyclic) bond motifs is 1. The van der Waals surface area contributed by atoms with Crippen LogP contribution in [-0.2, 0) is 11.3 Å². The number of carbonyl (C=O) groups is 2. The summed E-state index contributed by atoms with van der Waals surface area (Å²) >= 11 is 4.59. The molecule has 3 rings (SSSR count). The smallest absolute Gasteiger partial charge is 0.262 e. The second-order valence-electron chi connectivity index (χ2n) is 6.72. The van der Waals surface area contributed by atoms with E-state index in [0.717, 1.165) is 4.47 Å². The Hall–Kier alpha value is -2.65. The zero-order valence-electron chi connectivity index (χ0n) is 16.8. The lowest BCUT2D eigenvalue weighted by atomic mass is 10.2. The number of hydrogen-bond acceptors (Lipinski definition) is 5. The number of aromatic nitrogens is 2. The minimum atomic E-state index is -0.223. The molecule has 0 spiro atoms. The quantitative estimate of drug-likeness (QED) is 0.423. The molecular formula is C21H21BrN4O3S. The Morgan fingerprint density at radius 2 is 1.87 bits per heavy atom. The topological polar surface area (TPSA) is 84.3 Å². The lowest BCUT2D eigenvalue weighted by Crippen LogP contribution is -2.23. The van der Waals surface area contributed by atoms with Crippen molar-refractivity contribution >= 4 is 56.1 Å². The summed E-state index contributed by atoms with van der Waals surface area (Å²) in [5.74, 6) is -0.220. The molecule has 1 aromatic heterocycles. The van der Waals surface area contributed by atoms with Gasteiger partial charge < -0.3 is 10.2 Å². The molecule has 0 aliphatic carbocycles. The van der Waals surface area contributed by atoms with Crippen LogP contribution in [0.5, 0.6) is 0 Å². The van der Waals surface area contributed by atoms with Crippen molar-refractivity contribution in [2.45, 2.75) is 18.6 Å². The fourth-order valence-corrected chi connectivity index (χ4v) is 4.07. The van der Waals surface area contributed by atoms with E-state index in [-0.39, 0.29) is 23.1 Å². The minimum Gasteiger partial charge on any atom is -0.345 e. The van der Waals surface area contributed by atoms with E-state index in [4.69, 9.17) is 0 Å². The van der Waals surface area contributed by atoms with Crippen molar-refractivity contribution in [3.63, 3.8) is 0 Å². The second kappa shape index (κ2) is 9.44. The summed E-state index contributed by atoms with van der Waals surface area (Å²) < 4.78 is 2.38. The SMILES string of the molecule is CCn1c(SCC(=O)Nc2ccc(C(=O)N(C)C)cc2)nc2ccc(Br)cc2c1=O. The molecular weight excluding hydrogens is 468 g/mol. The zero-order chi connectivity index (χ0) is 21.8. The van der Waals surface area contributed by atoms with Crippen LogP contribution in [0.1, 0.15) is 17.3 Å². The van der Waals surface area contributed by atoms with Crippen molar-refractivity contribution < 1.29 is 9.59 Å². The number of anilines is 1. The Labute approximate surface area is 186 Å². The Morgan fingerprint density at radius 3 is 2.50 bits per heavy atom. The van der Waals surface area contributed by atoms with Crippen molar-refractivity contribution in [3.8, 4) is 0 Å². The summed E-state index contributed by atoms with van der Waals surface area (Å²) in [4.78, 5) is 43.1. The predicted octanol–water partition coefficient (Wildman–Crippen LogP) is 3.61. The van der Waals surface area contributed by atoms with Crippen LogP contribution < -0.4 is 10.9 Å². The highest BCUT2D eigenvalue weighted by Gasteiger charge is 2.13. The fraction of sp³-hybridized carbons (Fsp3) is 0.238. The van der Waals surface area contributed by atoms with Crippen LogP contribution in [0.2, 0.25) is 0 Å². The van der Waals surface area contributed by atoms with E-state index in [0.29, 0.717) is 33.9 Å². The maximum absolute atomic E-state index is 12.8. The third-order valence-electron chi connectivity index (χ3n) is 4.35. The number of benzene rings is 2. The number of nitrogens with one attached hydrogen (secondary N) is 1. The molecule has 0 saturated heterocycles. The first-order chi connectivity index (χ1) is 14.3. The molecule has 2 aromatic carbocycles. The monoisotopic (exact) mass is 488 g/mol. The molecule has 0 saturated carbocycles. The van der Waals surface area contributed by atoms with E-state index in [9.17, 15) is 14.4 Å². The van der Waals surface area contributed by atoms with Gasteiger partial charge in [0, 0.05) is 36.4 Å². The number of carbonyl (C=O) groups excluding carboxylic acids is 2. The molecule has 1 heterocycles. The molecule has 0 radical (unpaired) electrons. The molecule has 0 aliphatic heterocycles. The average molecular weight is 489 g/mol. The molecule has 0 fully saturated rings. The predicted molar refractivity (Wildman–Crippen MR) is 123 cm³/mol. The molecule has 9 heteroatoms. The van der Waals surface area contributed by atoms with Crippen molar-refractivity contribution in [1.82, 2.24) is 14.5 Å². The van der Waals surface area contributed by atoms with Crippen molar-refractivity contribution in [3.05, 3.63) is 62.9 Å². The van der Waals surface area contributed by atoms with Gasteiger partial charge in [0.25, 0.3) is 11.5 Å². The summed E-state index contributed by atoms with van der Waals surface area (Å²) in [5, 5.41) is 3.83. The highest BCUT2D eigenvalue weighted by molar-refractivity contribution is 9.10. The number of amides is 2. The Morgan fingerprint density at radius 1 is 1.17 bits per heavy atom. The highest BCUT2D eigenvalue weighted by Crippen LogP contribution is 2.21. The van der Waals surface area contributed by atoms with Crippen molar-refractivity contribution in [2.75, 3.05) is 25.2 Å². The van der Waals surface area contributed by atoms with Gasteiger partial charge in [-0.05, 0) is 49.4 Å². The first-order valence-corrected chi connectivity index (χ1v) is 11.0. The molecule has 30 heavy (non-hydrogen) atoms. The zero-order valence-corrected chi connectivity index (χ0v) is 19.2.